The van der Waals surface area contributed by atoms with Crippen LogP contribution < -0.4 is 10.1 Å². The van der Waals surface area contributed by atoms with Crippen LogP contribution >= 0.6 is 23.2 Å². The predicted molar refractivity (Wildman–Crippen MR) is 180 cm³/mol. The molecule has 0 bridgehead atoms. The average Bonchev–Trinajstić information content (AvgIpc) is 3.04. The Morgan fingerprint density at radius 2 is 1.72 bits per heavy atom. The van der Waals surface area contributed by atoms with Gasteiger partial charge in [-0.25, -0.2) is 4.79 Å². The van der Waals surface area contributed by atoms with Gasteiger partial charge in [-0.3, -0.25) is 14.4 Å². The summed E-state index contributed by atoms with van der Waals surface area (Å²) in [5.74, 6) is -3.11. The summed E-state index contributed by atoms with van der Waals surface area (Å²) >= 11 is 13.0. The van der Waals surface area contributed by atoms with E-state index in [-0.39, 0.29) is 43.8 Å². The molecular formula is C36H45Cl2NO8. The molecule has 2 aromatic rings. The summed E-state index contributed by atoms with van der Waals surface area (Å²) in [5.41, 5.74) is 1.40. The van der Waals surface area contributed by atoms with E-state index < -0.39 is 59.4 Å². The van der Waals surface area contributed by atoms with Crippen molar-refractivity contribution >= 4 is 46.8 Å². The summed E-state index contributed by atoms with van der Waals surface area (Å²) in [6, 6.07) is 13.3. The van der Waals surface area contributed by atoms with Crippen LogP contribution in [0.3, 0.4) is 0 Å². The van der Waals surface area contributed by atoms with Crippen LogP contribution in [0.1, 0.15) is 69.9 Å². The van der Waals surface area contributed by atoms with Crippen molar-refractivity contribution < 1.29 is 38.5 Å². The monoisotopic (exact) mass is 689 g/mol. The van der Waals surface area contributed by atoms with Gasteiger partial charge in [0.1, 0.15) is 11.9 Å². The molecule has 2 N–H and O–H groups in total. The first-order chi connectivity index (χ1) is 22.3. The third kappa shape index (κ3) is 11.4. The van der Waals surface area contributed by atoms with Crippen LogP contribution in [0.2, 0.25) is 5.02 Å². The number of esters is 2. The molecule has 3 rings (SSSR count). The first-order valence-electron chi connectivity index (χ1n) is 15.9. The predicted octanol–water partition coefficient (Wildman–Crippen LogP) is 6.17. The number of rotatable bonds is 9. The normalized spacial score (nSPS) is 24.4. The zero-order chi connectivity index (χ0) is 34.7. The molecule has 0 spiro atoms. The molecule has 11 heteroatoms. The molecule has 0 radical (unpaired) electrons. The van der Waals surface area contributed by atoms with Gasteiger partial charge in [-0.05, 0) is 54.5 Å². The highest BCUT2D eigenvalue weighted by Crippen LogP contribution is 2.32. The van der Waals surface area contributed by atoms with Crippen LogP contribution in [0.5, 0.6) is 5.75 Å². The second-order valence-corrected chi connectivity index (χ2v) is 13.3. The highest BCUT2D eigenvalue weighted by atomic mass is 35.5. The number of nitrogens with one attached hydrogen (secondary N) is 1. The standard InChI is InChI=1S/C36H45Cl2NO8/c1-21(2)18-31-36(44)46-29(23(4)34(42)33(38)25-10-7-6-8-11-25)12-9-13-32(41)39-27(28(40)16-14-22(3)35(43)47-31)20-24-15-17-30(45-5)26(37)19-24/h6-11,13,15,17,19,21-23,27,29,31,33-34,42H,12,14,16,18,20H2,1-5H3,(H,39,41)/b13-9+/t22-,23+,27-,29+,31+,33+,34-/m1/s1. The van der Waals surface area contributed by atoms with Gasteiger partial charge in [-0.15, -0.1) is 11.6 Å². The van der Waals surface area contributed by atoms with Crippen molar-refractivity contribution in [1.82, 2.24) is 5.32 Å². The van der Waals surface area contributed by atoms with Gasteiger partial charge in [0, 0.05) is 18.8 Å². The van der Waals surface area contributed by atoms with Crippen LogP contribution in [0.25, 0.3) is 0 Å². The fraction of sp³-hybridized carbons (Fsp3) is 0.500. The number of hydrogen-bond donors (Lipinski definition) is 2. The molecule has 0 saturated heterocycles. The number of halogens is 2. The van der Waals surface area contributed by atoms with Gasteiger partial charge in [-0.1, -0.05) is 81.8 Å². The molecular weight excluding hydrogens is 645 g/mol. The maximum absolute atomic E-state index is 13.5. The largest absolute Gasteiger partial charge is 0.495 e. The molecule has 1 amide bonds. The van der Waals surface area contributed by atoms with Crippen molar-refractivity contribution in [2.24, 2.45) is 17.8 Å². The lowest BCUT2D eigenvalue weighted by molar-refractivity contribution is -0.177. The zero-order valence-electron chi connectivity index (χ0n) is 27.5. The lowest BCUT2D eigenvalue weighted by Gasteiger charge is -2.31. The molecule has 256 valence electrons. The lowest BCUT2D eigenvalue weighted by Crippen LogP contribution is -2.42. The van der Waals surface area contributed by atoms with Gasteiger partial charge in [0.2, 0.25) is 5.91 Å². The van der Waals surface area contributed by atoms with E-state index in [1.165, 1.54) is 19.3 Å². The number of benzene rings is 2. The summed E-state index contributed by atoms with van der Waals surface area (Å²) in [5, 5.41) is 13.6. The number of carbonyl (C=O) groups is 4. The Morgan fingerprint density at radius 3 is 2.36 bits per heavy atom. The Labute approximate surface area is 286 Å². The Morgan fingerprint density at radius 1 is 1.02 bits per heavy atom. The highest BCUT2D eigenvalue weighted by Gasteiger charge is 2.36. The Hall–Kier alpha value is -3.40. The maximum Gasteiger partial charge on any atom is 0.347 e. The molecule has 0 unspecified atom stereocenters. The van der Waals surface area contributed by atoms with Gasteiger partial charge in [0.25, 0.3) is 0 Å². The number of amides is 1. The third-order valence-corrected chi connectivity index (χ3v) is 9.05. The fourth-order valence-corrected chi connectivity index (χ4v) is 5.95. The average molecular weight is 691 g/mol. The van der Waals surface area contributed by atoms with E-state index in [0.29, 0.717) is 21.9 Å². The van der Waals surface area contributed by atoms with Crippen LogP contribution in [0.15, 0.2) is 60.7 Å². The second-order valence-electron chi connectivity index (χ2n) is 12.5. The number of alkyl halides is 1. The number of cyclic esters (lactones) is 2. The number of ketones is 1. The Kier molecular flexibility index (Phi) is 14.8. The van der Waals surface area contributed by atoms with Gasteiger partial charge in [0.15, 0.2) is 11.9 Å². The van der Waals surface area contributed by atoms with Crippen molar-refractivity contribution in [2.75, 3.05) is 7.11 Å². The zero-order valence-corrected chi connectivity index (χ0v) is 29.0. The van der Waals surface area contributed by atoms with Gasteiger partial charge in [-0.2, -0.15) is 0 Å². The van der Waals surface area contributed by atoms with Crippen molar-refractivity contribution in [2.45, 2.75) is 89.5 Å². The van der Waals surface area contributed by atoms with E-state index in [4.69, 9.17) is 37.4 Å². The quantitative estimate of drug-likeness (QED) is 0.236. The number of Topliss-reactive ketones (excluding diaryl/α,β-unsaturated/α-hetero) is 1. The van der Waals surface area contributed by atoms with Crippen molar-refractivity contribution in [3.63, 3.8) is 0 Å². The van der Waals surface area contributed by atoms with Gasteiger partial charge in [0.05, 0.1) is 35.6 Å². The molecule has 0 fully saturated rings. The summed E-state index contributed by atoms with van der Waals surface area (Å²) in [6.45, 7) is 7.11. The molecule has 1 aliphatic heterocycles. The summed E-state index contributed by atoms with van der Waals surface area (Å²) in [6.07, 6.45) is 0.106. The minimum atomic E-state index is -1.19. The van der Waals surface area contributed by atoms with E-state index in [1.807, 2.05) is 32.0 Å². The van der Waals surface area contributed by atoms with Crippen LogP contribution in [-0.4, -0.2) is 60.2 Å². The maximum atomic E-state index is 13.5. The van der Waals surface area contributed by atoms with Crippen molar-refractivity contribution in [3.8, 4) is 5.75 Å². The highest BCUT2D eigenvalue weighted by molar-refractivity contribution is 6.32. The molecule has 1 heterocycles. The number of hydrogen-bond acceptors (Lipinski definition) is 8. The van der Waals surface area contributed by atoms with Gasteiger partial charge < -0.3 is 24.6 Å². The van der Waals surface area contributed by atoms with E-state index in [0.717, 1.165) is 0 Å². The van der Waals surface area contributed by atoms with Crippen LogP contribution in [0.4, 0.5) is 0 Å². The molecule has 2 aromatic carbocycles. The summed E-state index contributed by atoms with van der Waals surface area (Å²) in [7, 11) is 1.50. The first kappa shape index (κ1) is 38.1. The van der Waals surface area contributed by atoms with Crippen LogP contribution in [0, 0.1) is 17.8 Å². The minimum absolute atomic E-state index is 0.00735. The number of methoxy groups -OCH3 is 1. The van der Waals surface area contributed by atoms with Crippen molar-refractivity contribution in [1.29, 1.82) is 0 Å². The molecule has 1 aliphatic rings. The number of ether oxygens (including phenoxy) is 3. The second kappa shape index (κ2) is 18.2. The molecule has 0 aromatic heterocycles. The Balaban J connectivity index is 1.92. The smallest absolute Gasteiger partial charge is 0.347 e. The van der Waals surface area contributed by atoms with E-state index in [1.54, 1.807) is 44.2 Å². The minimum Gasteiger partial charge on any atom is -0.495 e. The molecule has 7 atom stereocenters. The van der Waals surface area contributed by atoms with Crippen molar-refractivity contribution in [3.05, 3.63) is 76.8 Å². The van der Waals surface area contributed by atoms with E-state index in [2.05, 4.69) is 5.32 Å². The summed E-state index contributed by atoms with van der Waals surface area (Å²) < 4.78 is 16.8. The van der Waals surface area contributed by atoms with Gasteiger partial charge >= 0.3 is 11.9 Å². The number of aliphatic hydroxyl groups excluding tert-OH is 1. The number of carbonyl (C=O) groups excluding carboxylic acids is 4. The first-order valence-corrected chi connectivity index (χ1v) is 16.7. The Bertz CT molecular complexity index is 1400. The number of aliphatic hydroxyl groups is 1. The molecule has 47 heavy (non-hydrogen) atoms. The lowest BCUT2D eigenvalue weighted by atomic mass is 9.90. The van der Waals surface area contributed by atoms with E-state index >= 15 is 0 Å². The molecule has 0 aliphatic carbocycles. The molecule has 9 nitrogen and oxygen atoms in total. The fourth-order valence-electron chi connectivity index (χ4n) is 5.29. The van der Waals surface area contributed by atoms with Crippen LogP contribution in [-0.2, 0) is 35.1 Å². The third-order valence-electron chi connectivity index (χ3n) is 8.24. The van der Waals surface area contributed by atoms with E-state index in [9.17, 15) is 24.3 Å². The SMILES string of the molecule is COc1ccc(C[C@H]2NC(=O)/C=C/C[C@@H]([C@H](C)[C@@H](O)[C@@H](Cl)c3ccccc3)OC(=O)[C@H](CC(C)C)OC(=O)[C@H](C)CCC2=O)cc1Cl. The summed E-state index contributed by atoms with van der Waals surface area (Å²) in [4.78, 5) is 53.1. The topological polar surface area (TPSA) is 128 Å². The molecule has 0 saturated carbocycles.